The molecule has 140 valence electrons. The molecule has 0 aliphatic carbocycles. The van der Waals surface area contributed by atoms with E-state index in [2.05, 4.69) is 4.74 Å². The molecule has 1 heterocycles. The maximum absolute atomic E-state index is 12.2. The maximum atomic E-state index is 12.2. The predicted molar refractivity (Wildman–Crippen MR) is 99.0 cm³/mol. The molecule has 3 rings (SSSR count). The molecular formula is C19H13B2F3O4. The lowest BCUT2D eigenvalue weighted by atomic mass is 9.60. The van der Waals surface area contributed by atoms with Crippen molar-refractivity contribution in [3.05, 3.63) is 70.1 Å². The number of hydrogen-bond acceptors (Lipinski definition) is 4. The van der Waals surface area contributed by atoms with Crippen LogP contribution in [0.2, 0.25) is 0 Å². The summed E-state index contributed by atoms with van der Waals surface area (Å²) in [4.78, 5) is 12.0. The molecule has 0 atom stereocenters. The van der Waals surface area contributed by atoms with Crippen LogP contribution in [0.1, 0.15) is 11.1 Å². The van der Waals surface area contributed by atoms with Crippen LogP contribution < -0.4 is 5.63 Å². The second-order valence-corrected chi connectivity index (χ2v) is 6.29. The molecule has 4 nitrogen and oxygen atoms in total. The Bertz CT molecular complexity index is 1060. The molecule has 0 saturated heterocycles. The van der Waals surface area contributed by atoms with Gasteiger partial charge in [-0.15, -0.1) is 0 Å². The van der Waals surface area contributed by atoms with Crippen LogP contribution in [0.4, 0.5) is 13.2 Å². The van der Waals surface area contributed by atoms with Crippen molar-refractivity contribution in [3.63, 3.8) is 0 Å². The minimum Gasteiger partial charge on any atom is -0.423 e. The van der Waals surface area contributed by atoms with Gasteiger partial charge in [0.15, 0.2) is 0 Å². The summed E-state index contributed by atoms with van der Waals surface area (Å²) in [6, 6.07) is 12.3. The second kappa shape index (κ2) is 7.48. The van der Waals surface area contributed by atoms with E-state index in [1.165, 1.54) is 18.2 Å². The molecular weight excluding hydrogens is 371 g/mol. The molecule has 0 amide bonds. The molecule has 0 bridgehead atoms. The van der Waals surface area contributed by atoms with Gasteiger partial charge >= 0.3 is 11.8 Å². The van der Waals surface area contributed by atoms with Crippen molar-refractivity contribution >= 4 is 26.7 Å². The molecule has 4 radical (unpaired) electrons. The Morgan fingerprint density at radius 2 is 1.75 bits per heavy atom. The summed E-state index contributed by atoms with van der Waals surface area (Å²) in [5.74, 6) is 0. The topological polar surface area (TPSA) is 59.7 Å². The van der Waals surface area contributed by atoms with E-state index in [-0.39, 0.29) is 17.8 Å². The quantitative estimate of drug-likeness (QED) is 0.543. The van der Waals surface area contributed by atoms with Gasteiger partial charge < -0.3 is 14.3 Å². The van der Waals surface area contributed by atoms with Crippen LogP contribution in [-0.4, -0.2) is 33.6 Å². The molecule has 1 N–H and O–H groups in total. The first-order valence-corrected chi connectivity index (χ1v) is 8.16. The Morgan fingerprint density at radius 1 is 1.04 bits per heavy atom. The van der Waals surface area contributed by atoms with Gasteiger partial charge in [-0.05, 0) is 22.8 Å². The number of rotatable bonds is 5. The number of aliphatic hydroxyl groups is 1. The van der Waals surface area contributed by atoms with Gasteiger partial charge in [-0.25, -0.2) is 4.79 Å². The zero-order valence-electron chi connectivity index (χ0n) is 14.5. The molecule has 3 aromatic rings. The second-order valence-electron chi connectivity index (χ2n) is 6.29. The number of halogens is 3. The summed E-state index contributed by atoms with van der Waals surface area (Å²) in [7, 11) is 11.2. The van der Waals surface area contributed by atoms with E-state index >= 15 is 0 Å². The zero-order chi connectivity index (χ0) is 20.5. The van der Waals surface area contributed by atoms with Gasteiger partial charge in [0.25, 0.3) is 0 Å². The number of hydrogen-bond donors (Lipinski definition) is 1. The SMILES string of the molecule is [B]C([B])(O)c1ccccc1-c1cc(=O)oc2cc(COCC(F)(F)F)ccc12. The average molecular weight is 384 g/mol. The van der Waals surface area contributed by atoms with Crippen molar-refractivity contribution in [3.8, 4) is 11.1 Å². The fourth-order valence-corrected chi connectivity index (χ4v) is 2.87. The van der Waals surface area contributed by atoms with Gasteiger partial charge in [-0.3, -0.25) is 0 Å². The highest BCUT2D eigenvalue weighted by Gasteiger charge is 2.27. The van der Waals surface area contributed by atoms with Gasteiger partial charge in [0.05, 0.1) is 6.61 Å². The van der Waals surface area contributed by atoms with Crippen molar-refractivity contribution in [2.75, 3.05) is 6.61 Å². The van der Waals surface area contributed by atoms with E-state index in [4.69, 9.17) is 20.1 Å². The van der Waals surface area contributed by atoms with Crippen LogP contribution in [0.5, 0.6) is 0 Å². The van der Waals surface area contributed by atoms with Crippen molar-refractivity contribution in [2.24, 2.45) is 0 Å². The van der Waals surface area contributed by atoms with Gasteiger partial charge in [0, 0.05) is 22.4 Å². The first-order valence-electron chi connectivity index (χ1n) is 8.16. The van der Waals surface area contributed by atoms with E-state index in [9.17, 15) is 23.1 Å². The standard InChI is InChI=1S/C19H13B2F3O4/c20-19(21,26)15-4-2-1-3-12(15)14-8-17(25)28-16-7-11(5-6-13(14)16)9-27-10-18(22,23)24/h1-8,26H,9-10H2. The number of fused-ring (bicyclic) bond motifs is 1. The molecule has 2 aromatic carbocycles. The molecule has 0 saturated carbocycles. The molecule has 0 aliphatic heterocycles. The average Bonchev–Trinajstić information content (AvgIpc) is 2.59. The third-order valence-corrected chi connectivity index (χ3v) is 3.99. The van der Waals surface area contributed by atoms with Crippen LogP contribution in [0.15, 0.2) is 57.7 Å². The smallest absolute Gasteiger partial charge is 0.411 e. The van der Waals surface area contributed by atoms with E-state index in [0.29, 0.717) is 22.1 Å². The first-order chi connectivity index (χ1) is 13.0. The van der Waals surface area contributed by atoms with Crippen LogP contribution in [-0.2, 0) is 16.7 Å². The molecule has 1 aromatic heterocycles. The Kier molecular flexibility index (Phi) is 5.41. The first kappa shape index (κ1) is 20.2. The Labute approximate surface area is 160 Å². The summed E-state index contributed by atoms with van der Waals surface area (Å²) in [6.07, 6.45) is -4.43. The van der Waals surface area contributed by atoms with E-state index in [1.54, 1.807) is 30.3 Å². The van der Waals surface area contributed by atoms with E-state index in [1.807, 2.05) is 0 Å². The number of alkyl halides is 3. The lowest BCUT2D eigenvalue weighted by Crippen LogP contribution is -2.26. The summed E-state index contributed by atoms with van der Waals surface area (Å²) >= 11 is 0. The number of ether oxygens (including phenoxy) is 1. The molecule has 0 spiro atoms. The van der Waals surface area contributed by atoms with Gasteiger partial charge in [0.1, 0.15) is 27.9 Å². The largest absolute Gasteiger partial charge is 0.423 e. The van der Waals surface area contributed by atoms with Gasteiger partial charge in [0.2, 0.25) is 0 Å². The third-order valence-electron chi connectivity index (χ3n) is 3.99. The summed E-state index contributed by atoms with van der Waals surface area (Å²) in [5, 5.41) is 8.39. The normalized spacial score (nSPS) is 12.4. The fraction of sp³-hybridized carbons (Fsp3) is 0.211. The minimum atomic E-state index is -4.43. The lowest BCUT2D eigenvalue weighted by Gasteiger charge is -2.23. The zero-order valence-corrected chi connectivity index (χ0v) is 14.5. The molecule has 0 fully saturated rings. The summed E-state index contributed by atoms with van der Waals surface area (Å²) in [6.45, 7) is -1.68. The highest BCUT2D eigenvalue weighted by atomic mass is 19.4. The summed E-state index contributed by atoms with van der Waals surface area (Å²) in [5.41, 5.74) is 0.915. The van der Waals surface area contributed by atoms with Crippen molar-refractivity contribution in [2.45, 2.75) is 18.2 Å². The Balaban J connectivity index is 2.05. The maximum Gasteiger partial charge on any atom is 0.411 e. The van der Waals surface area contributed by atoms with Crippen LogP contribution in [0.3, 0.4) is 0 Å². The number of benzene rings is 2. The highest BCUT2D eigenvalue weighted by Crippen LogP contribution is 2.33. The lowest BCUT2D eigenvalue weighted by molar-refractivity contribution is -0.176. The monoisotopic (exact) mass is 384 g/mol. The van der Waals surface area contributed by atoms with E-state index < -0.39 is 23.8 Å². The third kappa shape index (κ3) is 4.66. The van der Waals surface area contributed by atoms with Crippen LogP contribution in [0.25, 0.3) is 22.1 Å². The van der Waals surface area contributed by atoms with Crippen molar-refractivity contribution in [1.29, 1.82) is 0 Å². The minimum absolute atomic E-state index is 0.156. The Morgan fingerprint density at radius 3 is 2.43 bits per heavy atom. The van der Waals surface area contributed by atoms with Gasteiger partial charge in [-0.2, -0.15) is 13.2 Å². The Hall–Kier alpha value is -2.51. The van der Waals surface area contributed by atoms with Gasteiger partial charge in [-0.1, -0.05) is 36.4 Å². The predicted octanol–water partition coefficient (Wildman–Crippen LogP) is 2.98. The molecule has 9 heteroatoms. The summed E-state index contributed by atoms with van der Waals surface area (Å²) < 4.78 is 46.4. The van der Waals surface area contributed by atoms with E-state index in [0.717, 1.165) is 0 Å². The van der Waals surface area contributed by atoms with Crippen molar-refractivity contribution < 1.29 is 27.4 Å². The molecule has 0 unspecified atom stereocenters. The molecule has 28 heavy (non-hydrogen) atoms. The van der Waals surface area contributed by atoms with Crippen molar-refractivity contribution in [1.82, 2.24) is 0 Å². The van der Waals surface area contributed by atoms with Crippen LogP contribution >= 0.6 is 0 Å². The highest BCUT2D eigenvalue weighted by molar-refractivity contribution is 6.39. The van der Waals surface area contributed by atoms with Crippen LogP contribution in [0, 0.1) is 0 Å². The fourth-order valence-electron chi connectivity index (χ4n) is 2.87. The molecule has 0 aliphatic rings.